The van der Waals surface area contributed by atoms with Crippen molar-refractivity contribution >= 4 is 25.4 Å². The Kier molecular flexibility index (Phi) is 13.8. The maximum absolute atomic E-state index is 15.8. The Balaban J connectivity index is 1.63. The minimum Gasteiger partial charge on any atom is -0.462 e. The Labute approximate surface area is 276 Å². The summed E-state index contributed by atoms with van der Waals surface area (Å²) in [6.45, 7) is 7.30. The molecule has 48 heavy (non-hydrogen) atoms. The molecule has 0 bridgehead atoms. The first-order valence-electron chi connectivity index (χ1n) is 15.1. The molecule has 0 radical (unpaired) electrons. The molecule has 1 aliphatic rings. The lowest BCUT2D eigenvalue weighted by Crippen LogP contribution is -2.46. The number of hydrogen-bond acceptors (Lipinski definition) is 13. The summed E-state index contributed by atoms with van der Waals surface area (Å²) in [5.74, 6) is -1.28. The Morgan fingerprint density at radius 2 is 1.85 bits per heavy atom. The van der Waals surface area contributed by atoms with Crippen molar-refractivity contribution < 1.29 is 51.6 Å². The second-order valence-corrected chi connectivity index (χ2v) is 13.2. The number of rotatable bonds is 17. The summed E-state index contributed by atoms with van der Waals surface area (Å²) in [6, 6.07) is 7.98. The van der Waals surface area contributed by atoms with Gasteiger partial charge in [-0.05, 0) is 60.1 Å². The highest BCUT2D eigenvalue weighted by Gasteiger charge is 2.55. The fourth-order valence-corrected chi connectivity index (χ4v) is 5.75. The standard InChI is InChI=1S/C30H42FN4O12P/c1-19(2)32-16-25(37)43-17-35-24(36)12-14-34(29(35)40)28-30(6,31)26(38)23(46-28)13-15-42-18-44-48(41,47-22-10-8-7-9-11-22)33-21(5)27(39)45-20(3)4/h7-12,14,20-21,23,26,28,38H,13,15-18H2,1-6H3,(H,33,41)/t21-,23+,26+,28+,30+,48+/m0/s1. The Morgan fingerprint density at radius 3 is 2.50 bits per heavy atom. The lowest BCUT2D eigenvalue weighted by atomic mass is 9.97. The number of carbonyl (C=O) groups is 2. The zero-order chi connectivity index (χ0) is 35.6. The van der Waals surface area contributed by atoms with Crippen LogP contribution in [0.5, 0.6) is 5.75 Å². The van der Waals surface area contributed by atoms with Crippen LogP contribution >= 0.6 is 7.75 Å². The number of alkyl halides is 1. The number of aliphatic hydroxyl groups is 1. The van der Waals surface area contributed by atoms with Gasteiger partial charge >= 0.3 is 25.4 Å². The van der Waals surface area contributed by atoms with E-state index in [1.54, 1.807) is 45.9 Å². The lowest BCUT2D eigenvalue weighted by molar-refractivity contribution is -0.149. The maximum Gasteiger partial charge on any atom is 0.461 e. The molecule has 1 saturated heterocycles. The van der Waals surface area contributed by atoms with Crippen molar-refractivity contribution in [1.82, 2.24) is 14.2 Å². The minimum atomic E-state index is -4.20. The highest BCUT2D eigenvalue weighted by atomic mass is 31.2. The van der Waals surface area contributed by atoms with Gasteiger partial charge in [0.25, 0.3) is 5.56 Å². The largest absolute Gasteiger partial charge is 0.462 e. The monoisotopic (exact) mass is 700 g/mol. The summed E-state index contributed by atoms with van der Waals surface area (Å²) < 4.78 is 62.9. The summed E-state index contributed by atoms with van der Waals surface area (Å²) >= 11 is 0. The summed E-state index contributed by atoms with van der Waals surface area (Å²) in [5.41, 5.74) is -3.72. The van der Waals surface area contributed by atoms with Gasteiger partial charge < -0.3 is 28.6 Å². The van der Waals surface area contributed by atoms with Crippen LogP contribution in [-0.2, 0) is 44.4 Å². The van der Waals surface area contributed by atoms with E-state index in [0.717, 1.165) is 23.8 Å². The van der Waals surface area contributed by atoms with Gasteiger partial charge in [0.15, 0.2) is 25.4 Å². The molecule has 1 aromatic heterocycles. The van der Waals surface area contributed by atoms with Crippen LogP contribution < -0.4 is 20.9 Å². The molecule has 266 valence electrons. The lowest BCUT2D eigenvalue weighted by Gasteiger charge is -2.25. The van der Waals surface area contributed by atoms with Gasteiger partial charge in [0.2, 0.25) is 0 Å². The third kappa shape index (κ3) is 10.6. The van der Waals surface area contributed by atoms with Crippen molar-refractivity contribution in [3.05, 3.63) is 63.4 Å². The number of para-hydroxylation sites is 1. The molecule has 1 aromatic carbocycles. The van der Waals surface area contributed by atoms with Crippen LogP contribution in [0, 0.1) is 0 Å². The number of nitrogens with zero attached hydrogens (tertiary/aromatic N) is 3. The van der Waals surface area contributed by atoms with E-state index in [-0.39, 0.29) is 25.3 Å². The molecule has 0 aliphatic carbocycles. The number of aliphatic imine (C=N–C) groups is 1. The molecule has 1 fully saturated rings. The van der Waals surface area contributed by atoms with Gasteiger partial charge in [-0.1, -0.05) is 18.2 Å². The van der Waals surface area contributed by atoms with Gasteiger partial charge in [0, 0.05) is 18.0 Å². The van der Waals surface area contributed by atoms with Gasteiger partial charge in [-0.25, -0.2) is 23.1 Å². The molecule has 2 N–H and O–H groups in total. The van der Waals surface area contributed by atoms with Gasteiger partial charge in [-0.3, -0.25) is 23.7 Å². The molecule has 0 saturated carbocycles. The van der Waals surface area contributed by atoms with Crippen LogP contribution in [0.2, 0.25) is 0 Å². The zero-order valence-corrected chi connectivity index (χ0v) is 28.5. The highest BCUT2D eigenvalue weighted by molar-refractivity contribution is 7.52. The number of aliphatic hydroxyl groups excluding tert-OH is 1. The highest BCUT2D eigenvalue weighted by Crippen LogP contribution is 2.45. The van der Waals surface area contributed by atoms with Crippen molar-refractivity contribution in [3.63, 3.8) is 0 Å². The van der Waals surface area contributed by atoms with Crippen LogP contribution in [0.1, 0.15) is 54.2 Å². The number of benzene rings is 1. The van der Waals surface area contributed by atoms with Crippen LogP contribution in [0.15, 0.2) is 57.2 Å². The Hall–Kier alpha value is -3.73. The molecule has 18 heteroatoms. The van der Waals surface area contributed by atoms with E-state index in [1.807, 2.05) is 0 Å². The number of aromatic nitrogens is 2. The molecular weight excluding hydrogens is 658 g/mol. The number of halogens is 1. The van der Waals surface area contributed by atoms with Gasteiger partial charge in [-0.15, -0.1) is 0 Å². The third-order valence-corrected chi connectivity index (χ3v) is 8.42. The van der Waals surface area contributed by atoms with Crippen LogP contribution in [0.4, 0.5) is 4.39 Å². The number of carbonyl (C=O) groups excluding carboxylic acids is 2. The number of hydrogen-bond donors (Lipinski definition) is 2. The molecular formula is C30H42FN4O12P. The van der Waals surface area contributed by atoms with E-state index in [2.05, 4.69) is 10.1 Å². The predicted octanol–water partition coefficient (Wildman–Crippen LogP) is 2.48. The number of esters is 2. The summed E-state index contributed by atoms with van der Waals surface area (Å²) in [5, 5.41) is 13.2. The molecule has 6 atom stereocenters. The van der Waals surface area contributed by atoms with E-state index in [0.29, 0.717) is 10.3 Å². The SMILES string of the molecule is CC(C)=NCC(=O)OCn1c(=O)ccn([C@@H]2O[C@H](CCOCO[P@](=O)(N[C@@H](C)C(=O)OC(C)C)Oc3ccccc3)[C@@H](O)[C@@]2(C)F)c1=O. The first-order valence-corrected chi connectivity index (χ1v) is 16.6. The average Bonchev–Trinajstić information content (AvgIpc) is 3.23. The van der Waals surface area contributed by atoms with E-state index in [4.69, 9.17) is 28.0 Å². The summed E-state index contributed by atoms with van der Waals surface area (Å²) in [7, 11) is -4.20. The van der Waals surface area contributed by atoms with Crippen molar-refractivity contribution in [3.8, 4) is 5.75 Å². The first-order chi connectivity index (χ1) is 22.5. The molecule has 0 amide bonds. The molecule has 2 heterocycles. The van der Waals surface area contributed by atoms with Crippen molar-refractivity contribution in [2.45, 2.75) is 90.9 Å². The average molecular weight is 701 g/mol. The van der Waals surface area contributed by atoms with E-state index in [9.17, 15) is 28.8 Å². The number of ether oxygens (including phenoxy) is 4. The molecule has 16 nitrogen and oxygen atoms in total. The summed E-state index contributed by atoms with van der Waals surface area (Å²) in [4.78, 5) is 53.6. The first kappa shape index (κ1) is 38.7. The van der Waals surface area contributed by atoms with Gasteiger partial charge in [0.1, 0.15) is 24.4 Å². The van der Waals surface area contributed by atoms with E-state index < -0.39 is 80.7 Å². The molecule has 0 unspecified atom stereocenters. The topological polar surface area (TPSA) is 195 Å². The van der Waals surface area contributed by atoms with Crippen molar-refractivity contribution in [2.24, 2.45) is 4.99 Å². The second-order valence-electron chi connectivity index (χ2n) is 11.5. The Morgan fingerprint density at radius 1 is 1.17 bits per heavy atom. The predicted molar refractivity (Wildman–Crippen MR) is 169 cm³/mol. The van der Waals surface area contributed by atoms with Gasteiger partial charge in [0.05, 0.1) is 18.8 Å². The molecule has 3 rings (SSSR count). The van der Waals surface area contributed by atoms with E-state index >= 15 is 4.39 Å². The van der Waals surface area contributed by atoms with Crippen molar-refractivity contribution in [1.29, 1.82) is 0 Å². The maximum atomic E-state index is 15.8. The zero-order valence-electron chi connectivity index (χ0n) is 27.6. The normalized spacial score (nSPS) is 22.5. The number of nitrogens with one attached hydrogen (secondary N) is 1. The molecule has 2 aromatic rings. The van der Waals surface area contributed by atoms with Crippen LogP contribution in [0.3, 0.4) is 0 Å². The fourth-order valence-electron chi connectivity index (χ4n) is 4.38. The third-order valence-electron chi connectivity index (χ3n) is 6.82. The second kappa shape index (κ2) is 17.1. The Bertz CT molecular complexity index is 1590. The van der Waals surface area contributed by atoms with Crippen molar-refractivity contribution in [2.75, 3.05) is 19.9 Å². The van der Waals surface area contributed by atoms with Gasteiger partial charge in [-0.2, -0.15) is 5.09 Å². The fraction of sp³-hybridized carbons (Fsp3) is 0.567. The quantitative estimate of drug-likeness (QED) is 0.0804. The van der Waals surface area contributed by atoms with Crippen LogP contribution in [0.25, 0.3) is 0 Å². The van der Waals surface area contributed by atoms with Crippen LogP contribution in [-0.4, -0.2) is 81.9 Å². The summed E-state index contributed by atoms with van der Waals surface area (Å²) in [6.07, 6.45) is -4.06. The molecule has 0 spiro atoms. The smallest absolute Gasteiger partial charge is 0.461 e. The minimum absolute atomic E-state index is 0.0989. The van der Waals surface area contributed by atoms with E-state index in [1.165, 1.54) is 19.1 Å². The molecule has 1 aliphatic heterocycles.